The summed E-state index contributed by atoms with van der Waals surface area (Å²) in [6, 6.07) is 24.3. The Bertz CT molecular complexity index is 971. The fourth-order valence-electron chi connectivity index (χ4n) is 9.80. The van der Waals surface area contributed by atoms with Gasteiger partial charge in [-0.3, -0.25) is 0 Å². The Morgan fingerprint density at radius 3 is 1.95 bits per heavy atom. The second-order valence-corrected chi connectivity index (χ2v) is 23.7. The van der Waals surface area contributed by atoms with Gasteiger partial charge in [0.1, 0.15) is 0 Å². The van der Waals surface area contributed by atoms with Crippen molar-refractivity contribution in [2.45, 2.75) is 99.9 Å². The minimum absolute atomic E-state index is 0. The van der Waals surface area contributed by atoms with Crippen LogP contribution in [-0.2, 0) is 26.2 Å². The molecule has 10 atom stereocenters. The van der Waals surface area contributed by atoms with E-state index >= 15 is 0 Å². The summed E-state index contributed by atoms with van der Waals surface area (Å²) in [5, 5.41) is 3.66. The molecule has 0 radical (unpaired) electrons. The van der Waals surface area contributed by atoms with Crippen LogP contribution in [0.5, 0.6) is 0 Å². The third-order valence-corrected chi connectivity index (χ3v) is 26.9. The first kappa shape index (κ1) is 39.3. The van der Waals surface area contributed by atoms with E-state index in [1.165, 1.54) is 64.2 Å². The van der Waals surface area contributed by atoms with Crippen LogP contribution in [0.25, 0.3) is 0 Å². The van der Waals surface area contributed by atoms with E-state index in [0.717, 1.165) is 45.5 Å². The van der Waals surface area contributed by atoms with Gasteiger partial charge in [-0.1, -0.05) is 152 Å². The first-order chi connectivity index (χ1) is 17.7. The molecule has 226 valence electrons. The standard InChI is InChI=1S/C33H47BrSi2.4CH3.Zr/c1-2-3-11-24-18-19-28(22-24)35(26-13-6-4-7-14-26)36(27-15-8-5-9-16-27)32-21-20-30-31(32)23-25-12-10-17-29(25)33(30)34;;;;;/h4-9,13-16,24-25,28-33,35-36H,2-3,10-12,17-23H2,1H3;4*1H3;/q;4*-1;+4. The van der Waals surface area contributed by atoms with Gasteiger partial charge in [0.15, 0.2) is 0 Å². The fraction of sp³-hybridized carbons (Fsp3) is 0.568. The largest absolute Gasteiger partial charge is 4.00 e. The van der Waals surface area contributed by atoms with Crippen LogP contribution < -0.4 is 10.4 Å². The molecule has 41 heavy (non-hydrogen) atoms. The van der Waals surface area contributed by atoms with E-state index in [2.05, 4.69) is 83.5 Å². The number of benzene rings is 2. The number of halogens is 1. The first-order valence-corrected chi connectivity index (χ1v) is 21.6. The third-order valence-electron chi connectivity index (χ3n) is 11.3. The minimum atomic E-state index is -1.14. The summed E-state index contributed by atoms with van der Waals surface area (Å²) in [5.41, 5.74) is 2.07. The molecule has 4 heteroatoms. The smallest absolute Gasteiger partial charge is 0.358 e. The molecule has 0 N–H and O–H groups in total. The summed E-state index contributed by atoms with van der Waals surface area (Å²) in [6.45, 7) is 2.37. The number of fused-ring (bicyclic) bond motifs is 2. The molecule has 0 nitrogen and oxygen atoms in total. The van der Waals surface area contributed by atoms with Crippen molar-refractivity contribution in [3.8, 4) is 0 Å². The molecule has 4 aliphatic carbocycles. The SMILES string of the molecule is CCCCC1CCC([SiH](c2ccccc2)[SiH](c2ccccc2)C2CCC3C(Br)C4CCCC4CC32)C1.[CH3-].[CH3-].[CH3-].[CH3-].[Zr+4]. The van der Waals surface area contributed by atoms with Crippen molar-refractivity contribution >= 4 is 42.9 Å². The molecule has 10 unspecified atom stereocenters. The maximum absolute atomic E-state index is 4.34. The van der Waals surface area contributed by atoms with Crippen molar-refractivity contribution in [3.05, 3.63) is 90.4 Å². The van der Waals surface area contributed by atoms with Crippen molar-refractivity contribution in [1.82, 2.24) is 0 Å². The van der Waals surface area contributed by atoms with Crippen LogP contribution in [0.15, 0.2) is 60.7 Å². The quantitative estimate of drug-likeness (QED) is 0.144. The molecule has 2 aromatic carbocycles. The van der Waals surface area contributed by atoms with Crippen LogP contribution in [0, 0.1) is 59.3 Å². The first-order valence-electron chi connectivity index (χ1n) is 15.5. The topological polar surface area (TPSA) is 0 Å². The van der Waals surface area contributed by atoms with Gasteiger partial charge < -0.3 is 29.7 Å². The zero-order valence-electron chi connectivity index (χ0n) is 26.9. The van der Waals surface area contributed by atoms with Gasteiger partial charge >= 0.3 is 26.2 Å². The molecule has 4 fully saturated rings. The molecule has 0 spiro atoms. The van der Waals surface area contributed by atoms with Crippen molar-refractivity contribution in [2.75, 3.05) is 0 Å². The van der Waals surface area contributed by atoms with Crippen LogP contribution in [0.4, 0.5) is 0 Å². The molecule has 2 aromatic rings. The van der Waals surface area contributed by atoms with E-state index in [1.54, 1.807) is 12.8 Å². The Morgan fingerprint density at radius 1 is 0.683 bits per heavy atom. The van der Waals surface area contributed by atoms with Gasteiger partial charge in [-0.15, -0.1) is 0 Å². The summed E-state index contributed by atoms with van der Waals surface area (Å²) < 4.78 is 0. The number of rotatable bonds is 8. The molecule has 0 bridgehead atoms. The predicted molar refractivity (Wildman–Crippen MR) is 191 cm³/mol. The van der Waals surface area contributed by atoms with E-state index in [9.17, 15) is 0 Å². The molecule has 0 amide bonds. The van der Waals surface area contributed by atoms with E-state index in [0.29, 0.717) is 0 Å². The van der Waals surface area contributed by atoms with Crippen molar-refractivity contribution < 1.29 is 26.2 Å². The number of alkyl halides is 1. The number of hydrogen-bond acceptors (Lipinski definition) is 0. The van der Waals surface area contributed by atoms with Crippen LogP contribution in [-0.4, -0.2) is 21.5 Å². The molecule has 0 heterocycles. The number of hydrogen-bond donors (Lipinski definition) is 0. The molecule has 0 saturated heterocycles. The average molecular weight is 731 g/mol. The van der Waals surface area contributed by atoms with Crippen molar-refractivity contribution in [2.24, 2.45) is 29.6 Å². The summed E-state index contributed by atoms with van der Waals surface area (Å²) in [5.74, 6) is 4.97. The molecular weight excluding hydrogens is 672 g/mol. The van der Waals surface area contributed by atoms with Crippen LogP contribution >= 0.6 is 15.9 Å². The summed E-state index contributed by atoms with van der Waals surface area (Å²) >= 11 is 4.34. The van der Waals surface area contributed by atoms with Crippen LogP contribution in [0.2, 0.25) is 11.1 Å². The maximum atomic E-state index is 4.34. The van der Waals surface area contributed by atoms with Gasteiger partial charge in [0.2, 0.25) is 0 Å². The van der Waals surface area contributed by atoms with Gasteiger partial charge in [0, 0.05) is 4.83 Å². The molecule has 4 saturated carbocycles. The minimum Gasteiger partial charge on any atom is -0.358 e. The van der Waals surface area contributed by atoms with E-state index in [4.69, 9.17) is 0 Å². The van der Waals surface area contributed by atoms with Gasteiger partial charge in [0.25, 0.3) is 0 Å². The van der Waals surface area contributed by atoms with Gasteiger partial charge in [0.05, 0.1) is 16.6 Å². The molecular formula is C37H59BrSi2Zr. The van der Waals surface area contributed by atoms with E-state index < -0.39 is 16.6 Å². The monoisotopic (exact) mass is 728 g/mol. The fourth-order valence-corrected chi connectivity index (χ4v) is 27.9. The summed E-state index contributed by atoms with van der Waals surface area (Å²) in [7, 11) is -2.24. The normalized spacial score (nSPS) is 32.8. The van der Waals surface area contributed by atoms with Crippen molar-refractivity contribution in [3.63, 3.8) is 0 Å². The van der Waals surface area contributed by atoms with Gasteiger partial charge in [-0.2, -0.15) is 0 Å². The molecule has 0 aliphatic heterocycles. The Labute approximate surface area is 286 Å². The molecule has 4 aliphatic rings. The van der Waals surface area contributed by atoms with E-state index in [-0.39, 0.29) is 55.9 Å². The van der Waals surface area contributed by atoms with Crippen molar-refractivity contribution in [1.29, 1.82) is 0 Å². The number of unbranched alkanes of at least 4 members (excludes halogenated alkanes) is 1. The van der Waals surface area contributed by atoms with Crippen LogP contribution in [0.3, 0.4) is 0 Å². The van der Waals surface area contributed by atoms with Gasteiger partial charge in [-0.05, 0) is 59.9 Å². The Morgan fingerprint density at radius 2 is 1.32 bits per heavy atom. The Balaban J connectivity index is 0.00000168. The zero-order valence-corrected chi connectivity index (χ0v) is 33.3. The summed E-state index contributed by atoms with van der Waals surface area (Å²) in [4.78, 5) is 0.806. The Hall–Kier alpha value is 0.237. The molecule has 0 aromatic heterocycles. The third kappa shape index (κ3) is 8.29. The Kier molecular flexibility index (Phi) is 17.5. The summed E-state index contributed by atoms with van der Waals surface area (Å²) in [6.07, 6.45) is 18.0. The predicted octanol–water partition coefficient (Wildman–Crippen LogP) is 9.47. The molecule has 6 rings (SSSR count). The van der Waals surface area contributed by atoms with Gasteiger partial charge in [-0.25, -0.2) is 0 Å². The average Bonchev–Trinajstić information content (AvgIpc) is 3.67. The maximum Gasteiger partial charge on any atom is 4.00 e. The zero-order chi connectivity index (χ0) is 24.5. The second-order valence-electron chi connectivity index (χ2n) is 13.1. The van der Waals surface area contributed by atoms with Crippen LogP contribution in [0.1, 0.15) is 84.0 Å². The second kappa shape index (κ2) is 18.3. The van der Waals surface area contributed by atoms with E-state index in [1.807, 2.05) is 10.4 Å².